The average molecular weight is 445 g/mol. The van der Waals surface area contributed by atoms with Crippen molar-refractivity contribution in [1.29, 1.82) is 0 Å². The van der Waals surface area contributed by atoms with E-state index in [1.54, 1.807) is 23.1 Å². The Morgan fingerprint density at radius 1 is 1.16 bits per heavy atom. The first kappa shape index (κ1) is 21.3. The number of ether oxygens (including phenoxy) is 1. The van der Waals surface area contributed by atoms with Crippen molar-refractivity contribution in [3.05, 3.63) is 58.1 Å². The van der Waals surface area contributed by atoms with Crippen molar-refractivity contribution in [2.24, 2.45) is 5.92 Å². The van der Waals surface area contributed by atoms with Crippen molar-refractivity contribution in [3.63, 3.8) is 0 Å². The number of methoxy groups -OCH3 is 1. The predicted molar refractivity (Wildman–Crippen MR) is 114 cm³/mol. The molecular weight excluding hydrogens is 422 g/mol. The second-order valence-corrected chi connectivity index (χ2v) is 9.63. The zero-order valence-electron chi connectivity index (χ0n) is 17.1. The molecule has 2 aromatic carbocycles. The molecule has 2 aliphatic heterocycles. The molecule has 9 nitrogen and oxygen atoms in total. The lowest BCUT2D eigenvalue weighted by atomic mass is 9.98. The van der Waals surface area contributed by atoms with Crippen molar-refractivity contribution < 1.29 is 22.9 Å². The number of benzene rings is 2. The minimum Gasteiger partial charge on any atom is -0.497 e. The monoisotopic (exact) mass is 445 g/mol. The number of rotatable bonds is 5. The van der Waals surface area contributed by atoms with Gasteiger partial charge < -0.3 is 9.64 Å². The van der Waals surface area contributed by atoms with E-state index in [-0.39, 0.29) is 23.0 Å². The highest BCUT2D eigenvalue weighted by atomic mass is 32.2. The van der Waals surface area contributed by atoms with Gasteiger partial charge in [0.1, 0.15) is 5.75 Å². The van der Waals surface area contributed by atoms with Gasteiger partial charge in [0.05, 0.1) is 22.8 Å². The Balaban J connectivity index is 1.51. The van der Waals surface area contributed by atoms with Crippen LogP contribution in [0.25, 0.3) is 0 Å². The van der Waals surface area contributed by atoms with Gasteiger partial charge in [0.2, 0.25) is 15.9 Å². The first-order valence-electron chi connectivity index (χ1n) is 10.0. The molecule has 31 heavy (non-hydrogen) atoms. The number of non-ortho nitro benzene ring substituents is 1. The Kier molecular flexibility index (Phi) is 5.67. The summed E-state index contributed by atoms with van der Waals surface area (Å²) >= 11 is 0. The van der Waals surface area contributed by atoms with Gasteiger partial charge in [-0.1, -0.05) is 0 Å². The van der Waals surface area contributed by atoms with Gasteiger partial charge >= 0.3 is 0 Å². The van der Waals surface area contributed by atoms with Gasteiger partial charge in [-0.3, -0.25) is 14.9 Å². The number of hydrogen-bond donors (Lipinski definition) is 0. The van der Waals surface area contributed by atoms with Gasteiger partial charge in [0.15, 0.2) is 0 Å². The lowest BCUT2D eigenvalue weighted by molar-refractivity contribution is -0.384. The molecule has 0 bridgehead atoms. The van der Waals surface area contributed by atoms with Crippen LogP contribution in [0.15, 0.2) is 47.4 Å². The molecule has 4 rings (SSSR count). The third-order valence-corrected chi connectivity index (χ3v) is 7.75. The number of carbonyl (C=O) groups is 1. The zero-order chi connectivity index (χ0) is 22.2. The number of piperidine rings is 1. The fraction of sp³-hybridized carbons (Fsp3) is 0.381. The van der Waals surface area contributed by atoms with Crippen molar-refractivity contribution in [1.82, 2.24) is 4.31 Å². The Morgan fingerprint density at radius 3 is 2.58 bits per heavy atom. The smallest absolute Gasteiger partial charge is 0.269 e. The Hall–Kier alpha value is -2.98. The van der Waals surface area contributed by atoms with E-state index in [1.807, 2.05) is 0 Å². The van der Waals surface area contributed by atoms with Crippen LogP contribution in [-0.4, -0.2) is 50.3 Å². The van der Waals surface area contributed by atoms with Crippen molar-refractivity contribution in [2.75, 3.05) is 31.6 Å². The standard InChI is InChI=1S/C21H23N3O6S/c1-30-18-5-7-19(8-6-18)31(28,29)22-11-2-3-16(14-22)21(25)23-12-10-15-13-17(24(26)27)4-9-20(15)23/h4-9,13,16H,2-3,10-12,14H2,1H3. The van der Waals surface area contributed by atoms with Gasteiger partial charge in [-0.15, -0.1) is 0 Å². The summed E-state index contributed by atoms with van der Waals surface area (Å²) in [5.41, 5.74) is 1.44. The second kappa shape index (κ2) is 8.27. The van der Waals surface area contributed by atoms with Crippen LogP contribution in [0.2, 0.25) is 0 Å². The highest BCUT2D eigenvalue weighted by molar-refractivity contribution is 7.89. The van der Waals surface area contributed by atoms with Gasteiger partial charge in [-0.25, -0.2) is 8.42 Å². The summed E-state index contributed by atoms with van der Waals surface area (Å²) in [4.78, 5) is 25.6. The number of amides is 1. The molecule has 0 aromatic heterocycles. The molecule has 0 radical (unpaired) electrons. The molecule has 1 atom stereocenters. The number of anilines is 1. The largest absolute Gasteiger partial charge is 0.497 e. The van der Waals surface area contributed by atoms with Gasteiger partial charge in [-0.2, -0.15) is 4.31 Å². The Morgan fingerprint density at radius 2 is 1.90 bits per heavy atom. The van der Waals surface area contributed by atoms with Gasteiger partial charge in [0, 0.05) is 37.5 Å². The third kappa shape index (κ3) is 4.00. The molecule has 10 heteroatoms. The van der Waals surface area contributed by atoms with Crippen LogP contribution in [0.3, 0.4) is 0 Å². The molecule has 0 aliphatic carbocycles. The number of sulfonamides is 1. The van der Waals surface area contributed by atoms with Crippen molar-refractivity contribution >= 4 is 27.3 Å². The van der Waals surface area contributed by atoms with Crippen LogP contribution in [0.1, 0.15) is 18.4 Å². The molecule has 164 valence electrons. The quantitative estimate of drug-likeness (QED) is 0.517. The molecule has 2 aliphatic rings. The maximum Gasteiger partial charge on any atom is 0.269 e. The van der Waals surface area contributed by atoms with E-state index in [4.69, 9.17) is 4.74 Å². The van der Waals surface area contributed by atoms with Crippen LogP contribution in [0.4, 0.5) is 11.4 Å². The van der Waals surface area contributed by atoms with Crippen LogP contribution in [0.5, 0.6) is 5.75 Å². The summed E-state index contributed by atoms with van der Waals surface area (Å²) < 4.78 is 32.6. The molecule has 2 aromatic rings. The summed E-state index contributed by atoms with van der Waals surface area (Å²) in [6.07, 6.45) is 1.74. The fourth-order valence-electron chi connectivity index (χ4n) is 4.21. The van der Waals surface area contributed by atoms with Gasteiger partial charge in [-0.05, 0) is 55.2 Å². The highest BCUT2D eigenvalue weighted by Gasteiger charge is 2.37. The normalized spacial score (nSPS) is 19.1. The van der Waals surface area contributed by atoms with E-state index >= 15 is 0 Å². The van der Waals surface area contributed by atoms with Gasteiger partial charge in [0.25, 0.3) is 5.69 Å². The maximum atomic E-state index is 13.2. The third-order valence-electron chi connectivity index (χ3n) is 5.87. The SMILES string of the molecule is COc1ccc(S(=O)(=O)N2CCCC(C(=O)N3CCc4cc([N+](=O)[O-])ccc43)C2)cc1. The van der Waals surface area contributed by atoms with E-state index < -0.39 is 20.9 Å². The van der Waals surface area contributed by atoms with Crippen LogP contribution < -0.4 is 9.64 Å². The summed E-state index contributed by atoms with van der Waals surface area (Å²) in [7, 11) is -2.21. The average Bonchev–Trinajstić information content (AvgIpc) is 3.22. The van der Waals surface area contributed by atoms with Crippen LogP contribution in [0, 0.1) is 16.0 Å². The fourth-order valence-corrected chi connectivity index (χ4v) is 5.73. The number of carbonyl (C=O) groups excluding carboxylic acids is 1. The molecule has 0 saturated carbocycles. The van der Waals surface area contributed by atoms with Crippen molar-refractivity contribution in [2.45, 2.75) is 24.2 Å². The molecule has 0 N–H and O–H groups in total. The van der Waals surface area contributed by atoms with Crippen molar-refractivity contribution in [3.8, 4) is 5.75 Å². The summed E-state index contributed by atoms with van der Waals surface area (Å²) in [5, 5.41) is 11.0. The number of nitro benzene ring substituents is 1. The number of nitrogens with zero attached hydrogens (tertiary/aromatic N) is 3. The molecular formula is C21H23N3O6S. The first-order valence-corrected chi connectivity index (χ1v) is 11.5. The Bertz CT molecular complexity index is 1120. The summed E-state index contributed by atoms with van der Waals surface area (Å²) in [5.74, 6) is -0.0243. The minimum absolute atomic E-state index is 0.00229. The number of nitro groups is 1. The molecule has 1 fully saturated rings. The summed E-state index contributed by atoms with van der Waals surface area (Å²) in [6, 6.07) is 10.7. The molecule has 1 unspecified atom stereocenters. The molecule has 1 amide bonds. The number of hydrogen-bond acceptors (Lipinski definition) is 6. The maximum absolute atomic E-state index is 13.2. The predicted octanol–water partition coefficient (Wildman–Crippen LogP) is 2.59. The van der Waals surface area contributed by atoms with Crippen LogP contribution >= 0.6 is 0 Å². The van der Waals surface area contributed by atoms with E-state index in [0.29, 0.717) is 43.8 Å². The molecule has 0 spiro atoms. The summed E-state index contributed by atoms with van der Waals surface area (Å²) in [6.45, 7) is 0.921. The first-order chi connectivity index (χ1) is 14.8. The van der Waals surface area contributed by atoms with E-state index in [0.717, 1.165) is 5.56 Å². The zero-order valence-corrected chi connectivity index (χ0v) is 17.9. The lowest BCUT2D eigenvalue weighted by Gasteiger charge is -2.33. The second-order valence-electron chi connectivity index (χ2n) is 7.69. The lowest BCUT2D eigenvalue weighted by Crippen LogP contribution is -2.46. The van der Waals surface area contributed by atoms with E-state index in [9.17, 15) is 23.3 Å². The molecule has 1 saturated heterocycles. The minimum atomic E-state index is -3.72. The van der Waals surface area contributed by atoms with E-state index in [2.05, 4.69) is 0 Å². The number of fused-ring (bicyclic) bond motifs is 1. The van der Waals surface area contributed by atoms with E-state index in [1.165, 1.54) is 35.7 Å². The Labute approximate surface area is 180 Å². The van der Waals surface area contributed by atoms with Crippen LogP contribution in [-0.2, 0) is 21.2 Å². The molecule has 2 heterocycles. The topological polar surface area (TPSA) is 110 Å². The highest BCUT2D eigenvalue weighted by Crippen LogP contribution is 2.34.